The van der Waals surface area contributed by atoms with Gasteiger partial charge in [0.25, 0.3) is 0 Å². The highest BCUT2D eigenvalue weighted by atomic mass is 79.9. The Labute approximate surface area is 134 Å². The molecule has 0 aliphatic rings. The summed E-state index contributed by atoms with van der Waals surface area (Å²) < 4.78 is 40.0. The lowest BCUT2D eigenvalue weighted by Crippen LogP contribution is -2.13. The Morgan fingerprint density at radius 1 is 1.24 bits per heavy atom. The summed E-state index contributed by atoms with van der Waals surface area (Å²) in [5, 5.41) is 3.17. The van der Waals surface area contributed by atoms with E-state index >= 15 is 0 Å². The molecule has 0 radical (unpaired) electrons. The minimum atomic E-state index is -4.36. The molecule has 0 aliphatic carbocycles. The quantitative estimate of drug-likeness (QED) is 0.702. The number of hydrogen-bond acceptors (Lipinski definition) is 2. The van der Waals surface area contributed by atoms with Crippen molar-refractivity contribution in [2.45, 2.75) is 25.6 Å². The van der Waals surface area contributed by atoms with Crippen LogP contribution in [0.15, 0.2) is 34.8 Å². The zero-order valence-electron chi connectivity index (χ0n) is 11.6. The Morgan fingerprint density at radius 3 is 2.52 bits per heavy atom. The number of rotatable bonds is 4. The molecule has 114 valence electrons. The first-order valence-corrected chi connectivity index (χ1v) is 8.12. The molecule has 1 aromatic carbocycles. The van der Waals surface area contributed by atoms with Gasteiger partial charge in [-0.25, -0.2) is 0 Å². The van der Waals surface area contributed by atoms with E-state index in [2.05, 4.69) is 21.2 Å². The summed E-state index contributed by atoms with van der Waals surface area (Å²) in [5.74, 6) is 0. The molecular formula is C15H15BrF3NS. The maximum atomic E-state index is 13.2. The number of halogens is 4. The first-order chi connectivity index (χ1) is 9.86. The van der Waals surface area contributed by atoms with Crippen LogP contribution in [0.2, 0.25) is 0 Å². The molecule has 0 fully saturated rings. The van der Waals surface area contributed by atoms with Crippen molar-refractivity contribution in [1.82, 2.24) is 5.32 Å². The Kier molecular flexibility index (Phi) is 5.11. The Hall–Kier alpha value is -0.850. The van der Waals surface area contributed by atoms with E-state index in [-0.39, 0.29) is 11.6 Å². The van der Waals surface area contributed by atoms with Crippen LogP contribution in [0.4, 0.5) is 13.2 Å². The molecular weight excluding hydrogens is 363 g/mol. The van der Waals surface area contributed by atoms with Crippen LogP contribution in [0.3, 0.4) is 0 Å². The maximum absolute atomic E-state index is 13.2. The summed E-state index contributed by atoms with van der Waals surface area (Å²) >= 11 is 4.51. The Bertz CT molecular complexity index is 618. The molecule has 0 bridgehead atoms. The molecule has 0 aliphatic heterocycles. The van der Waals surface area contributed by atoms with Gasteiger partial charge in [0, 0.05) is 25.8 Å². The van der Waals surface area contributed by atoms with E-state index in [4.69, 9.17) is 0 Å². The maximum Gasteiger partial charge on any atom is 0.417 e. The number of thiophene rings is 1. The molecule has 0 saturated carbocycles. The summed E-state index contributed by atoms with van der Waals surface area (Å²) in [6.07, 6.45) is -3.47. The van der Waals surface area contributed by atoms with Crippen LogP contribution in [0.1, 0.15) is 29.8 Å². The van der Waals surface area contributed by atoms with Gasteiger partial charge in [0.1, 0.15) is 0 Å². The summed E-state index contributed by atoms with van der Waals surface area (Å²) in [5.41, 5.74) is -0.379. The van der Waals surface area contributed by atoms with Gasteiger partial charge in [-0.05, 0) is 37.7 Å². The van der Waals surface area contributed by atoms with Crippen molar-refractivity contribution >= 4 is 27.3 Å². The fourth-order valence-corrected chi connectivity index (χ4v) is 3.80. The zero-order valence-corrected chi connectivity index (χ0v) is 14.0. The van der Waals surface area contributed by atoms with E-state index in [0.717, 1.165) is 17.4 Å². The van der Waals surface area contributed by atoms with Crippen molar-refractivity contribution in [2.24, 2.45) is 0 Å². The van der Waals surface area contributed by atoms with Crippen LogP contribution in [0.25, 0.3) is 10.4 Å². The lowest BCUT2D eigenvalue weighted by Gasteiger charge is -2.13. The van der Waals surface area contributed by atoms with Crippen molar-refractivity contribution in [3.63, 3.8) is 0 Å². The highest BCUT2D eigenvalue weighted by Gasteiger charge is 2.34. The van der Waals surface area contributed by atoms with Crippen LogP contribution in [-0.2, 0) is 6.18 Å². The van der Waals surface area contributed by atoms with Gasteiger partial charge in [-0.1, -0.05) is 28.9 Å². The summed E-state index contributed by atoms with van der Waals surface area (Å²) in [7, 11) is 1.86. The van der Waals surface area contributed by atoms with Gasteiger partial charge in [0.05, 0.1) is 5.56 Å². The van der Waals surface area contributed by atoms with Crippen molar-refractivity contribution in [1.29, 1.82) is 0 Å². The second kappa shape index (κ2) is 6.50. The summed E-state index contributed by atoms with van der Waals surface area (Å²) in [6, 6.07) is 8.12. The monoisotopic (exact) mass is 377 g/mol. The van der Waals surface area contributed by atoms with Gasteiger partial charge in [0.2, 0.25) is 0 Å². The largest absolute Gasteiger partial charge is 0.417 e. The zero-order chi connectivity index (χ0) is 15.6. The topological polar surface area (TPSA) is 12.0 Å². The molecule has 1 nitrogen and oxygen atoms in total. The highest BCUT2D eigenvalue weighted by molar-refractivity contribution is 9.10. The van der Waals surface area contributed by atoms with E-state index in [0.29, 0.717) is 9.35 Å². The number of alkyl halides is 3. The van der Waals surface area contributed by atoms with E-state index < -0.39 is 11.7 Å². The van der Waals surface area contributed by atoms with Gasteiger partial charge in [-0.3, -0.25) is 0 Å². The van der Waals surface area contributed by atoms with Crippen LogP contribution in [-0.4, -0.2) is 7.05 Å². The molecule has 1 atom stereocenters. The fraction of sp³-hybridized carbons (Fsp3) is 0.333. The third-order valence-corrected chi connectivity index (χ3v) is 5.00. The normalized spacial score (nSPS) is 13.4. The lowest BCUT2D eigenvalue weighted by molar-refractivity contribution is -0.137. The molecule has 2 aromatic rings. The van der Waals surface area contributed by atoms with Crippen molar-refractivity contribution in [2.75, 3.05) is 7.05 Å². The summed E-state index contributed by atoms with van der Waals surface area (Å²) in [6.45, 7) is 2.04. The molecule has 0 spiro atoms. The van der Waals surface area contributed by atoms with E-state index in [1.54, 1.807) is 12.1 Å². The molecule has 0 saturated heterocycles. The van der Waals surface area contributed by atoms with Gasteiger partial charge in [-0.2, -0.15) is 13.2 Å². The molecule has 0 amide bonds. The molecule has 1 unspecified atom stereocenters. The smallest absolute Gasteiger partial charge is 0.312 e. The average Bonchev–Trinajstić information content (AvgIpc) is 2.88. The summed E-state index contributed by atoms with van der Waals surface area (Å²) in [4.78, 5) is 1.68. The fourth-order valence-electron chi connectivity index (χ4n) is 2.20. The van der Waals surface area contributed by atoms with Crippen molar-refractivity contribution in [3.05, 3.63) is 45.2 Å². The van der Waals surface area contributed by atoms with Gasteiger partial charge in [-0.15, -0.1) is 11.3 Å². The minimum Gasteiger partial charge on any atom is -0.312 e. The standard InChI is InChI=1S/C15H15BrF3NS/c1-3-12(20-2)14-7-6-13(21-14)10-5-4-9(16)8-11(10)15(17,18)19/h4-8,12,20H,3H2,1-2H3. The molecule has 1 N–H and O–H groups in total. The first kappa shape index (κ1) is 16.5. The molecule has 21 heavy (non-hydrogen) atoms. The molecule has 2 rings (SSSR count). The van der Waals surface area contributed by atoms with Gasteiger partial charge >= 0.3 is 6.18 Å². The van der Waals surface area contributed by atoms with Crippen LogP contribution >= 0.6 is 27.3 Å². The molecule has 6 heteroatoms. The van der Waals surface area contributed by atoms with E-state index in [1.165, 1.54) is 17.4 Å². The van der Waals surface area contributed by atoms with Crippen molar-refractivity contribution in [3.8, 4) is 10.4 Å². The number of benzene rings is 1. The minimum absolute atomic E-state index is 0.175. The second-order valence-electron chi connectivity index (χ2n) is 4.64. The third-order valence-electron chi connectivity index (χ3n) is 3.28. The van der Waals surface area contributed by atoms with Gasteiger partial charge < -0.3 is 5.32 Å². The Balaban J connectivity index is 2.48. The third kappa shape index (κ3) is 3.67. The Morgan fingerprint density at radius 2 is 1.95 bits per heavy atom. The van der Waals surface area contributed by atoms with Gasteiger partial charge in [0.15, 0.2) is 0 Å². The van der Waals surface area contributed by atoms with E-state index in [9.17, 15) is 13.2 Å². The van der Waals surface area contributed by atoms with Crippen LogP contribution in [0.5, 0.6) is 0 Å². The number of nitrogens with one attached hydrogen (secondary N) is 1. The number of hydrogen-bond donors (Lipinski definition) is 1. The van der Waals surface area contributed by atoms with Crippen LogP contribution in [0, 0.1) is 0 Å². The predicted molar refractivity (Wildman–Crippen MR) is 84.5 cm³/mol. The first-order valence-electron chi connectivity index (χ1n) is 6.51. The van der Waals surface area contributed by atoms with E-state index in [1.807, 2.05) is 20.0 Å². The molecule has 1 aromatic heterocycles. The lowest BCUT2D eigenvalue weighted by atomic mass is 10.1. The second-order valence-corrected chi connectivity index (χ2v) is 6.67. The van der Waals surface area contributed by atoms with Crippen molar-refractivity contribution < 1.29 is 13.2 Å². The molecule has 1 heterocycles. The average molecular weight is 378 g/mol. The predicted octanol–water partition coefficient (Wildman–Crippen LogP) is 5.87. The highest BCUT2D eigenvalue weighted by Crippen LogP contribution is 2.41. The SMILES string of the molecule is CCC(NC)c1ccc(-c2ccc(Br)cc2C(F)(F)F)s1. The van der Waals surface area contributed by atoms with Crippen LogP contribution < -0.4 is 5.32 Å².